The number of aliphatic carboxylic acids is 1. The van der Waals surface area contributed by atoms with Gasteiger partial charge in [0.15, 0.2) is 11.2 Å². The minimum Gasteiger partial charge on any atom is -0.480 e. The molecule has 0 fully saturated rings. The van der Waals surface area contributed by atoms with E-state index in [1.54, 1.807) is 24.3 Å². The summed E-state index contributed by atoms with van der Waals surface area (Å²) in [6.45, 7) is 2.28. The van der Waals surface area contributed by atoms with E-state index < -0.39 is 17.9 Å². The van der Waals surface area contributed by atoms with Gasteiger partial charge in [-0.05, 0) is 30.7 Å². The van der Waals surface area contributed by atoms with Crippen LogP contribution in [0.5, 0.6) is 0 Å². The molecule has 1 atom stereocenters. The molecule has 0 spiro atoms. The third-order valence-corrected chi connectivity index (χ3v) is 4.68. The minimum absolute atomic E-state index is 0.205. The van der Waals surface area contributed by atoms with Crippen LogP contribution >= 0.6 is 0 Å². The van der Waals surface area contributed by atoms with Crippen molar-refractivity contribution in [3.05, 3.63) is 58.0 Å². The third-order valence-electron chi connectivity index (χ3n) is 4.68. The number of aromatic amines is 1. The molecule has 2 aromatic heterocycles. The van der Waals surface area contributed by atoms with Crippen molar-refractivity contribution in [2.24, 2.45) is 0 Å². The summed E-state index contributed by atoms with van der Waals surface area (Å²) < 4.78 is 0. The zero-order chi connectivity index (χ0) is 22.4. The second kappa shape index (κ2) is 9.70. The van der Waals surface area contributed by atoms with Gasteiger partial charge in [0.05, 0.1) is 18.4 Å². The zero-order valence-corrected chi connectivity index (χ0v) is 17.0. The monoisotopic (exact) mass is 424 g/mol. The lowest BCUT2D eigenvalue weighted by Gasteiger charge is -2.14. The van der Waals surface area contributed by atoms with E-state index in [1.165, 1.54) is 12.3 Å². The number of unbranched alkanes of at least 4 members (excludes halogenated alkanes) is 1. The van der Waals surface area contributed by atoms with Crippen LogP contribution in [0.1, 0.15) is 42.2 Å². The molecule has 0 saturated carbocycles. The van der Waals surface area contributed by atoms with Gasteiger partial charge in [0.1, 0.15) is 11.9 Å². The molecule has 1 unspecified atom stereocenters. The summed E-state index contributed by atoms with van der Waals surface area (Å²) >= 11 is 0. The first-order valence-corrected chi connectivity index (χ1v) is 9.89. The highest BCUT2D eigenvalue weighted by Crippen LogP contribution is 2.12. The van der Waals surface area contributed by atoms with Gasteiger partial charge in [-0.2, -0.15) is 0 Å². The summed E-state index contributed by atoms with van der Waals surface area (Å²) in [6.07, 6.45) is 3.50. The number of hydrogen-bond acceptors (Lipinski definition) is 7. The Morgan fingerprint density at radius 3 is 2.68 bits per heavy atom. The lowest BCUT2D eigenvalue weighted by atomic mass is 10.1. The number of carboxylic acid groups (broad SMARTS) is 1. The summed E-state index contributed by atoms with van der Waals surface area (Å²) in [6, 6.07) is 6.98. The van der Waals surface area contributed by atoms with E-state index in [-0.39, 0.29) is 16.8 Å². The number of aromatic nitrogens is 3. The SMILES string of the molecule is CCCCC(NC(=O)c1ccc(NCc2cnc3[nH]c(N)cc(=O)c3n2)cc1)C(=O)O. The molecule has 0 saturated heterocycles. The van der Waals surface area contributed by atoms with Crippen molar-refractivity contribution in [2.45, 2.75) is 38.8 Å². The normalized spacial score (nSPS) is 11.8. The van der Waals surface area contributed by atoms with Crippen molar-refractivity contribution in [2.75, 3.05) is 11.1 Å². The summed E-state index contributed by atoms with van der Waals surface area (Å²) in [5.74, 6) is -1.26. The van der Waals surface area contributed by atoms with E-state index >= 15 is 0 Å². The number of benzene rings is 1. The van der Waals surface area contributed by atoms with Crippen molar-refractivity contribution in [1.82, 2.24) is 20.3 Å². The van der Waals surface area contributed by atoms with Crippen molar-refractivity contribution in [3.8, 4) is 0 Å². The second-order valence-electron chi connectivity index (χ2n) is 7.08. The van der Waals surface area contributed by atoms with Crippen LogP contribution in [0.3, 0.4) is 0 Å². The van der Waals surface area contributed by atoms with Crippen molar-refractivity contribution >= 4 is 34.5 Å². The van der Waals surface area contributed by atoms with E-state index in [9.17, 15) is 19.5 Å². The molecule has 0 aliphatic rings. The molecule has 10 heteroatoms. The van der Waals surface area contributed by atoms with Crippen LogP contribution in [0.25, 0.3) is 11.2 Å². The number of hydrogen-bond donors (Lipinski definition) is 5. The summed E-state index contributed by atoms with van der Waals surface area (Å²) in [5.41, 5.74) is 7.47. The summed E-state index contributed by atoms with van der Waals surface area (Å²) in [7, 11) is 0. The van der Waals surface area contributed by atoms with Gasteiger partial charge < -0.3 is 26.5 Å². The average molecular weight is 424 g/mol. The van der Waals surface area contributed by atoms with Gasteiger partial charge in [0, 0.05) is 17.3 Å². The molecule has 1 aromatic carbocycles. The molecule has 10 nitrogen and oxygen atoms in total. The first-order chi connectivity index (χ1) is 14.9. The van der Waals surface area contributed by atoms with E-state index in [1.807, 2.05) is 6.92 Å². The third kappa shape index (κ3) is 5.56. The van der Waals surface area contributed by atoms with E-state index in [0.29, 0.717) is 29.9 Å². The van der Waals surface area contributed by atoms with E-state index in [2.05, 4.69) is 25.6 Å². The molecule has 0 bridgehead atoms. The smallest absolute Gasteiger partial charge is 0.326 e. The van der Waals surface area contributed by atoms with Crippen LogP contribution in [-0.4, -0.2) is 38.0 Å². The molecule has 3 aromatic rings. The minimum atomic E-state index is -1.04. The van der Waals surface area contributed by atoms with E-state index in [0.717, 1.165) is 18.5 Å². The Bertz CT molecular complexity index is 1140. The number of fused-ring (bicyclic) bond motifs is 1. The Morgan fingerprint density at radius 2 is 2.00 bits per heavy atom. The Morgan fingerprint density at radius 1 is 1.26 bits per heavy atom. The van der Waals surface area contributed by atoms with Crippen LogP contribution < -0.4 is 21.8 Å². The van der Waals surface area contributed by atoms with Gasteiger partial charge in [-0.15, -0.1) is 0 Å². The first-order valence-electron chi connectivity index (χ1n) is 9.89. The zero-order valence-electron chi connectivity index (χ0n) is 17.0. The van der Waals surface area contributed by atoms with Gasteiger partial charge in [-0.1, -0.05) is 19.8 Å². The molecule has 1 amide bonds. The number of amides is 1. The molecule has 6 N–H and O–H groups in total. The van der Waals surface area contributed by atoms with Crippen LogP contribution in [0.2, 0.25) is 0 Å². The van der Waals surface area contributed by atoms with Gasteiger partial charge in [-0.3, -0.25) is 9.59 Å². The number of nitrogen functional groups attached to an aromatic ring is 1. The molecule has 0 radical (unpaired) electrons. The van der Waals surface area contributed by atoms with Crippen LogP contribution in [0, 0.1) is 0 Å². The number of nitrogens with zero attached hydrogens (tertiary/aromatic N) is 2. The Hall–Kier alpha value is -3.95. The van der Waals surface area contributed by atoms with Gasteiger partial charge in [0.2, 0.25) is 5.43 Å². The molecule has 0 aliphatic heterocycles. The van der Waals surface area contributed by atoms with Crippen molar-refractivity contribution in [1.29, 1.82) is 0 Å². The van der Waals surface area contributed by atoms with Crippen LogP contribution in [-0.2, 0) is 11.3 Å². The molecular weight excluding hydrogens is 400 g/mol. The lowest BCUT2D eigenvalue weighted by molar-refractivity contribution is -0.139. The topological polar surface area (TPSA) is 163 Å². The highest BCUT2D eigenvalue weighted by molar-refractivity contribution is 5.96. The molecule has 0 aliphatic carbocycles. The number of rotatable bonds is 9. The maximum Gasteiger partial charge on any atom is 0.326 e. The van der Waals surface area contributed by atoms with Gasteiger partial charge in [-0.25, -0.2) is 14.8 Å². The fourth-order valence-electron chi connectivity index (χ4n) is 3.00. The number of pyridine rings is 1. The van der Waals surface area contributed by atoms with Crippen LogP contribution in [0.4, 0.5) is 11.5 Å². The standard InChI is InChI=1S/C21H24N6O4/c1-2-3-4-15(21(30)31)26-20(29)12-5-7-13(8-6-12)23-10-14-11-24-19-18(25-14)16(28)9-17(22)27-19/h5-9,11,15,23H,2-4,10H2,1H3,(H,26,29)(H,30,31)(H3,22,24,27,28). The summed E-state index contributed by atoms with van der Waals surface area (Å²) in [5, 5.41) is 14.9. The highest BCUT2D eigenvalue weighted by Gasteiger charge is 2.19. The van der Waals surface area contributed by atoms with Crippen molar-refractivity contribution < 1.29 is 14.7 Å². The predicted molar refractivity (Wildman–Crippen MR) is 117 cm³/mol. The Kier molecular flexibility index (Phi) is 6.81. The number of carboxylic acids is 1. The summed E-state index contributed by atoms with van der Waals surface area (Å²) in [4.78, 5) is 46.9. The molecule has 162 valence electrons. The maximum absolute atomic E-state index is 12.3. The highest BCUT2D eigenvalue weighted by atomic mass is 16.4. The number of carbonyl (C=O) groups is 2. The Labute approximate surface area is 177 Å². The number of carbonyl (C=O) groups excluding carboxylic acids is 1. The molecule has 2 heterocycles. The van der Waals surface area contributed by atoms with Crippen LogP contribution in [0.15, 0.2) is 41.3 Å². The van der Waals surface area contributed by atoms with Crippen molar-refractivity contribution in [3.63, 3.8) is 0 Å². The number of nitrogens with one attached hydrogen (secondary N) is 3. The number of nitrogens with two attached hydrogens (primary N) is 1. The average Bonchev–Trinajstić information content (AvgIpc) is 2.75. The van der Waals surface area contributed by atoms with Gasteiger partial charge >= 0.3 is 5.97 Å². The largest absolute Gasteiger partial charge is 0.480 e. The Balaban J connectivity index is 1.63. The lowest BCUT2D eigenvalue weighted by Crippen LogP contribution is -2.40. The maximum atomic E-state index is 12.3. The van der Waals surface area contributed by atoms with E-state index in [4.69, 9.17) is 5.73 Å². The fraction of sp³-hybridized carbons (Fsp3) is 0.286. The molecule has 3 rings (SSSR count). The number of H-pyrrole nitrogens is 1. The predicted octanol–water partition coefficient (Wildman–Crippen LogP) is 1.89. The molecular formula is C21H24N6O4. The first kappa shape index (κ1) is 21.8. The number of anilines is 2. The quantitative estimate of drug-likeness (QED) is 0.348. The van der Waals surface area contributed by atoms with Gasteiger partial charge in [0.25, 0.3) is 5.91 Å². The second-order valence-corrected chi connectivity index (χ2v) is 7.08. The molecule has 31 heavy (non-hydrogen) atoms. The fourth-order valence-corrected chi connectivity index (χ4v) is 3.00.